The Morgan fingerprint density at radius 2 is 1.38 bits per heavy atom. The first kappa shape index (κ1) is 14.7. The van der Waals surface area contributed by atoms with E-state index < -0.39 is 11.8 Å². The molecule has 80 valence electrons. The van der Waals surface area contributed by atoms with Crippen LogP contribution in [0.2, 0.25) is 0 Å². The first-order valence-corrected chi connectivity index (χ1v) is 4.29. The Hall–Kier alpha value is -0.800. The lowest BCUT2D eigenvalue weighted by atomic mass is 10.2. The van der Waals surface area contributed by atoms with E-state index in [1.807, 2.05) is 0 Å². The molecule has 0 amide bonds. The number of ether oxygens (including phenoxy) is 2. The average molecular weight is 194 g/mol. The fourth-order valence-corrected chi connectivity index (χ4v) is 0.277. The molecule has 0 atom stereocenters. The van der Waals surface area contributed by atoms with Crippen molar-refractivity contribution in [2.24, 2.45) is 0 Å². The number of carbonyl (C=O) groups is 1. The third kappa shape index (κ3) is 35.1. The Morgan fingerprint density at radius 3 is 1.54 bits per heavy atom. The van der Waals surface area contributed by atoms with Crippen molar-refractivity contribution in [1.29, 1.82) is 0 Å². The zero-order chi connectivity index (χ0) is 10.9. The summed E-state index contributed by atoms with van der Waals surface area (Å²) >= 11 is 0. The molecule has 0 rings (SSSR count). The van der Waals surface area contributed by atoms with Gasteiger partial charge in [0.05, 0.1) is 13.2 Å². The van der Waals surface area contributed by atoms with E-state index in [0.29, 0.717) is 13.2 Å². The Kier molecular flexibility index (Phi) is 8.86. The largest absolute Gasteiger partial charge is 0.508 e. The number of hydrogen-bond donors (Lipinski definition) is 0. The van der Waals surface area contributed by atoms with Crippen LogP contribution in [0.4, 0.5) is 9.18 Å². The molecule has 0 radical (unpaired) electrons. The second-order valence-corrected chi connectivity index (χ2v) is 3.18. The molecule has 0 spiro atoms. The molecule has 0 fully saturated rings. The van der Waals surface area contributed by atoms with Gasteiger partial charge in [-0.3, -0.25) is 0 Å². The van der Waals surface area contributed by atoms with E-state index in [-0.39, 0.29) is 0 Å². The SMILES string of the molecule is CC(C)(C)F.CCOC(=O)OCC. The van der Waals surface area contributed by atoms with Gasteiger partial charge in [-0.2, -0.15) is 0 Å². The van der Waals surface area contributed by atoms with Crippen LogP contribution in [0.3, 0.4) is 0 Å². The molecule has 13 heavy (non-hydrogen) atoms. The molecule has 0 heterocycles. The fraction of sp³-hybridized carbons (Fsp3) is 0.889. The lowest BCUT2D eigenvalue weighted by Crippen LogP contribution is -2.05. The molecule has 0 aliphatic carbocycles. The van der Waals surface area contributed by atoms with Gasteiger partial charge in [0.25, 0.3) is 0 Å². The van der Waals surface area contributed by atoms with E-state index >= 15 is 0 Å². The van der Waals surface area contributed by atoms with Gasteiger partial charge in [-0.25, -0.2) is 9.18 Å². The van der Waals surface area contributed by atoms with Crippen LogP contribution in [-0.4, -0.2) is 25.0 Å². The van der Waals surface area contributed by atoms with Gasteiger partial charge in [0.1, 0.15) is 5.67 Å². The maximum Gasteiger partial charge on any atom is 0.508 e. The van der Waals surface area contributed by atoms with Crippen molar-refractivity contribution in [3.8, 4) is 0 Å². The molecule has 0 aromatic carbocycles. The number of carbonyl (C=O) groups excluding carboxylic acids is 1. The van der Waals surface area contributed by atoms with E-state index in [1.165, 1.54) is 20.8 Å². The smallest absolute Gasteiger partial charge is 0.435 e. The number of alkyl halides is 1. The Bertz CT molecular complexity index is 115. The Labute approximate surface area is 79.2 Å². The van der Waals surface area contributed by atoms with Crippen LogP contribution in [0.15, 0.2) is 0 Å². The van der Waals surface area contributed by atoms with E-state index in [9.17, 15) is 9.18 Å². The fourth-order valence-electron chi connectivity index (χ4n) is 0.277. The van der Waals surface area contributed by atoms with Crippen molar-refractivity contribution < 1.29 is 18.7 Å². The predicted octanol–water partition coefficient (Wildman–Crippen LogP) is 2.93. The summed E-state index contributed by atoms with van der Waals surface area (Å²) in [5, 5.41) is 0. The van der Waals surface area contributed by atoms with E-state index in [0.717, 1.165) is 0 Å². The summed E-state index contributed by atoms with van der Waals surface area (Å²) in [6.45, 7) is 8.78. The van der Waals surface area contributed by atoms with E-state index in [4.69, 9.17) is 0 Å². The standard InChI is InChI=1S/C5H10O3.C4H9F/c1-3-7-5(6)8-4-2;1-4(2,3)5/h3-4H2,1-2H3;1-3H3. The van der Waals surface area contributed by atoms with Gasteiger partial charge in [0.2, 0.25) is 0 Å². The molecule has 0 bridgehead atoms. The predicted molar refractivity (Wildman–Crippen MR) is 49.5 cm³/mol. The van der Waals surface area contributed by atoms with Crippen LogP contribution in [0, 0.1) is 0 Å². The molecule has 0 aliphatic rings. The molecule has 0 unspecified atom stereocenters. The highest BCUT2D eigenvalue weighted by Crippen LogP contribution is 2.02. The maximum absolute atomic E-state index is 11.7. The molecule has 4 heteroatoms. The minimum Gasteiger partial charge on any atom is -0.435 e. The summed E-state index contributed by atoms with van der Waals surface area (Å²) < 4.78 is 20.5. The Morgan fingerprint density at radius 1 is 1.15 bits per heavy atom. The van der Waals surface area contributed by atoms with Gasteiger partial charge in [-0.1, -0.05) is 0 Å². The molecular formula is C9H19FO3. The highest BCUT2D eigenvalue weighted by molar-refractivity contribution is 5.59. The van der Waals surface area contributed by atoms with Gasteiger partial charge in [0, 0.05) is 0 Å². The second-order valence-electron chi connectivity index (χ2n) is 3.18. The lowest BCUT2D eigenvalue weighted by Gasteiger charge is -1.99. The third-order valence-corrected chi connectivity index (χ3v) is 0.524. The highest BCUT2D eigenvalue weighted by Gasteiger charge is 2.01. The molecule has 0 saturated heterocycles. The summed E-state index contributed by atoms with van der Waals surface area (Å²) in [4.78, 5) is 10.2. The maximum atomic E-state index is 11.7. The second kappa shape index (κ2) is 7.83. The first-order valence-electron chi connectivity index (χ1n) is 4.29. The molecule has 0 saturated carbocycles. The average Bonchev–Trinajstić information content (AvgIpc) is 1.84. The normalized spacial score (nSPS) is 9.69. The lowest BCUT2D eigenvalue weighted by molar-refractivity contribution is 0.0630. The monoisotopic (exact) mass is 194 g/mol. The molecular weight excluding hydrogens is 175 g/mol. The minimum absolute atomic E-state index is 0.374. The van der Waals surface area contributed by atoms with Crippen molar-refractivity contribution in [3.05, 3.63) is 0 Å². The first-order chi connectivity index (χ1) is 5.81. The molecule has 0 N–H and O–H groups in total. The van der Waals surface area contributed by atoms with Crippen molar-refractivity contribution in [1.82, 2.24) is 0 Å². The summed E-state index contributed by atoms with van der Waals surface area (Å²) in [5.74, 6) is 0. The van der Waals surface area contributed by atoms with E-state index in [1.54, 1.807) is 13.8 Å². The summed E-state index contributed by atoms with van der Waals surface area (Å²) in [5.41, 5.74) is -1.00. The zero-order valence-corrected chi connectivity index (χ0v) is 9.02. The van der Waals surface area contributed by atoms with Crippen LogP contribution in [0.25, 0.3) is 0 Å². The van der Waals surface area contributed by atoms with Gasteiger partial charge < -0.3 is 9.47 Å². The van der Waals surface area contributed by atoms with Gasteiger partial charge in [-0.05, 0) is 34.6 Å². The van der Waals surface area contributed by atoms with Crippen LogP contribution in [-0.2, 0) is 9.47 Å². The minimum atomic E-state index is -1.00. The molecule has 0 aromatic rings. The van der Waals surface area contributed by atoms with Crippen molar-refractivity contribution in [3.63, 3.8) is 0 Å². The zero-order valence-electron chi connectivity index (χ0n) is 9.02. The van der Waals surface area contributed by atoms with Crippen LogP contribution in [0.5, 0.6) is 0 Å². The Balaban J connectivity index is 0. The number of halogens is 1. The molecule has 3 nitrogen and oxygen atoms in total. The summed E-state index contributed by atoms with van der Waals surface area (Å²) in [6.07, 6.45) is -0.588. The highest BCUT2D eigenvalue weighted by atomic mass is 19.1. The van der Waals surface area contributed by atoms with Crippen LogP contribution >= 0.6 is 0 Å². The van der Waals surface area contributed by atoms with Crippen molar-refractivity contribution >= 4 is 6.16 Å². The van der Waals surface area contributed by atoms with E-state index in [2.05, 4.69) is 9.47 Å². The van der Waals surface area contributed by atoms with Crippen molar-refractivity contribution in [2.75, 3.05) is 13.2 Å². The topological polar surface area (TPSA) is 35.5 Å². The van der Waals surface area contributed by atoms with Crippen molar-refractivity contribution in [2.45, 2.75) is 40.3 Å². The quantitative estimate of drug-likeness (QED) is 0.634. The number of hydrogen-bond acceptors (Lipinski definition) is 3. The molecule has 0 aliphatic heterocycles. The van der Waals surface area contributed by atoms with Crippen LogP contribution < -0.4 is 0 Å². The van der Waals surface area contributed by atoms with Gasteiger partial charge in [-0.15, -0.1) is 0 Å². The summed E-state index contributed by atoms with van der Waals surface area (Å²) in [7, 11) is 0. The summed E-state index contributed by atoms with van der Waals surface area (Å²) in [6, 6.07) is 0. The number of rotatable bonds is 2. The van der Waals surface area contributed by atoms with Gasteiger partial charge >= 0.3 is 6.16 Å². The van der Waals surface area contributed by atoms with Gasteiger partial charge in [0.15, 0.2) is 0 Å². The molecule has 0 aromatic heterocycles. The van der Waals surface area contributed by atoms with Crippen LogP contribution in [0.1, 0.15) is 34.6 Å². The third-order valence-electron chi connectivity index (χ3n) is 0.524.